The lowest BCUT2D eigenvalue weighted by Crippen LogP contribution is -2.27. The summed E-state index contributed by atoms with van der Waals surface area (Å²) < 4.78 is 1.70. The molecule has 23 heavy (non-hydrogen) atoms. The molecule has 0 saturated carbocycles. The summed E-state index contributed by atoms with van der Waals surface area (Å²) in [6, 6.07) is 5.78. The van der Waals surface area contributed by atoms with Crippen molar-refractivity contribution in [1.29, 1.82) is 5.26 Å². The number of aliphatic imine (C=N–C) groups is 1. The second kappa shape index (κ2) is 5.93. The molecular weight excluding hydrogens is 292 g/mol. The molecule has 116 valence electrons. The first kappa shape index (κ1) is 14.8. The molecule has 7 heteroatoms. The lowest BCUT2D eigenvalue weighted by Gasteiger charge is -2.18. The molecule has 3 rings (SSSR count). The van der Waals surface area contributed by atoms with E-state index < -0.39 is 5.92 Å². The highest BCUT2D eigenvalue weighted by atomic mass is 16.2. The number of nitriles is 1. The highest BCUT2D eigenvalue weighted by Gasteiger charge is 2.33. The summed E-state index contributed by atoms with van der Waals surface area (Å²) in [7, 11) is 1.67. The van der Waals surface area contributed by atoms with Crippen LogP contribution in [0.2, 0.25) is 0 Å². The van der Waals surface area contributed by atoms with Crippen molar-refractivity contribution in [3.05, 3.63) is 36.3 Å². The van der Waals surface area contributed by atoms with Crippen LogP contribution >= 0.6 is 0 Å². The quantitative estimate of drug-likeness (QED) is 0.861. The Morgan fingerprint density at radius 2 is 2.43 bits per heavy atom. The summed E-state index contributed by atoms with van der Waals surface area (Å²) >= 11 is 0. The predicted octanol–water partition coefficient (Wildman–Crippen LogP) is 1.21. The van der Waals surface area contributed by atoms with Gasteiger partial charge in [-0.15, -0.1) is 0 Å². The molecule has 1 fully saturated rings. The number of allylic oxidation sites excluding steroid dienone is 1. The maximum Gasteiger partial charge on any atom is 0.244 e. The summed E-state index contributed by atoms with van der Waals surface area (Å²) in [6.45, 7) is 0.519. The molecule has 2 aromatic heterocycles. The number of carbonyl (C=O) groups is 1. The summed E-state index contributed by atoms with van der Waals surface area (Å²) in [5, 5.41) is 13.3. The van der Waals surface area contributed by atoms with E-state index in [0.717, 1.165) is 22.3 Å². The second-order valence-electron chi connectivity index (χ2n) is 5.24. The highest BCUT2D eigenvalue weighted by molar-refractivity contribution is 6.10. The van der Waals surface area contributed by atoms with Gasteiger partial charge in [-0.05, 0) is 18.6 Å². The largest absolute Gasteiger partial charge is 0.404 e. The van der Waals surface area contributed by atoms with Crippen LogP contribution in [0.4, 0.5) is 5.69 Å². The Bertz CT molecular complexity index is 857. The number of pyridine rings is 1. The third-order valence-corrected chi connectivity index (χ3v) is 3.92. The first-order valence-corrected chi connectivity index (χ1v) is 7.22. The van der Waals surface area contributed by atoms with Crippen LogP contribution in [-0.4, -0.2) is 35.3 Å². The molecule has 0 radical (unpaired) electrons. The smallest absolute Gasteiger partial charge is 0.244 e. The van der Waals surface area contributed by atoms with Crippen molar-refractivity contribution >= 4 is 28.9 Å². The molecule has 0 aromatic carbocycles. The van der Waals surface area contributed by atoms with E-state index in [0.29, 0.717) is 13.0 Å². The molecule has 0 bridgehead atoms. The third-order valence-electron chi connectivity index (χ3n) is 3.92. The van der Waals surface area contributed by atoms with E-state index in [1.165, 1.54) is 6.20 Å². The summed E-state index contributed by atoms with van der Waals surface area (Å²) in [5.74, 6) is -0.751. The van der Waals surface area contributed by atoms with Crippen LogP contribution in [0.1, 0.15) is 12.0 Å². The van der Waals surface area contributed by atoms with Gasteiger partial charge in [0.15, 0.2) is 0 Å². The number of hydrogen-bond donors (Lipinski definition) is 1. The number of anilines is 1. The molecule has 2 N–H and O–H groups in total. The van der Waals surface area contributed by atoms with Gasteiger partial charge < -0.3 is 10.6 Å². The molecule has 1 amide bonds. The number of aromatic nitrogens is 2. The van der Waals surface area contributed by atoms with E-state index in [1.54, 1.807) is 28.9 Å². The van der Waals surface area contributed by atoms with Crippen molar-refractivity contribution in [2.75, 3.05) is 18.5 Å². The monoisotopic (exact) mass is 308 g/mol. The summed E-state index contributed by atoms with van der Waals surface area (Å²) in [6.07, 6.45) is 7.16. The topological polar surface area (TPSA) is 99.8 Å². The zero-order valence-corrected chi connectivity index (χ0v) is 12.7. The highest BCUT2D eigenvalue weighted by Crippen LogP contribution is 2.31. The van der Waals surface area contributed by atoms with Gasteiger partial charge in [-0.2, -0.15) is 10.4 Å². The Hall–Kier alpha value is -3.14. The SMILES string of the molecule is CN=C/C(=C\N)c1cc(N2CCC(C#N)C2=O)c2ccnn2c1. The van der Waals surface area contributed by atoms with Crippen LogP contribution in [0.5, 0.6) is 0 Å². The standard InChI is InChI=1S/C16H16N6O/c1-19-9-13(8-18)12-6-15(14-2-4-20-22(14)10-12)21-5-3-11(7-17)16(21)23/h2,4,6,8-11H,3,5,18H2,1H3/b13-8+,19-9?. The van der Waals surface area contributed by atoms with Crippen LogP contribution in [0.3, 0.4) is 0 Å². The third kappa shape index (κ3) is 2.44. The Morgan fingerprint density at radius 1 is 1.61 bits per heavy atom. The number of nitrogens with two attached hydrogens (primary N) is 1. The molecule has 0 aliphatic carbocycles. The van der Waals surface area contributed by atoms with E-state index in [9.17, 15) is 4.79 Å². The first-order valence-electron chi connectivity index (χ1n) is 7.22. The van der Waals surface area contributed by atoms with Gasteiger partial charge in [0.25, 0.3) is 0 Å². The number of fused-ring (bicyclic) bond motifs is 1. The first-order chi connectivity index (χ1) is 11.2. The van der Waals surface area contributed by atoms with Crippen molar-refractivity contribution < 1.29 is 4.79 Å². The summed E-state index contributed by atoms with van der Waals surface area (Å²) in [5.41, 5.74) is 8.75. The molecule has 1 atom stereocenters. The molecule has 1 saturated heterocycles. The molecule has 1 unspecified atom stereocenters. The molecule has 1 aliphatic heterocycles. The summed E-state index contributed by atoms with van der Waals surface area (Å²) in [4.78, 5) is 18.0. The second-order valence-corrected chi connectivity index (χ2v) is 5.24. The number of carbonyl (C=O) groups excluding carboxylic acids is 1. The number of hydrogen-bond acceptors (Lipinski definition) is 5. The minimum Gasteiger partial charge on any atom is -0.404 e. The Morgan fingerprint density at radius 3 is 3.09 bits per heavy atom. The van der Waals surface area contributed by atoms with E-state index in [-0.39, 0.29) is 5.91 Å². The number of nitrogens with zero attached hydrogens (tertiary/aromatic N) is 5. The average molecular weight is 308 g/mol. The fraction of sp³-hybridized carbons (Fsp3) is 0.250. The van der Waals surface area contributed by atoms with E-state index in [1.807, 2.05) is 18.3 Å². The van der Waals surface area contributed by atoms with Crippen molar-refractivity contribution in [3.8, 4) is 6.07 Å². The van der Waals surface area contributed by atoms with Crippen molar-refractivity contribution in [2.45, 2.75) is 6.42 Å². The van der Waals surface area contributed by atoms with Crippen LogP contribution in [0.25, 0.3) is 11.1 Å². The van der Waals surface area contributed by atoms with Crippen LogP contribution in [0.15, 0.2) is 35.7 Å². The zero-order chi connectivity index (χ0) is 16.4. The van der Waals surface area contributed by atoms with Gasteiger partial charge >= 0.3 is 0 Å². The number of amides is 1. The minimum atomic E-state index is -0.580. The van der Waals surface area contributed by atoms with Gasteiger partial charge in [0.1, 0.15) is 5.92 Å². The fourth-order valence-electron chi connectivity index (χ4n) is 2.78. The minimum absolute atomic E-state index is 0.171. The van der Waals surface area contributed by atoms with Gasteiger partial charge in [0, 0.05) is 43.3 Å². The predicted molar refractivity (Wildman–Crippen MR) is 87.8 cm³/mol. The lowest BCUT2D eigenvalue weighted by atomic mass is 10.1. The molecule has 2 aromatic rings. The Balaban J connectivity index is 2.15. The molecule has 0 spiro atoms. The molecule has 7 nitrogen and oxygen atoms in total. The van der Waals surface area contributed by atoms with Gasteiger partial charge in [0.2, 0.25) is 5.91 Å². The zero-order valence-electron chi connectivity index (χ0n) is 12.7. The van der Waals surface area contributed by atoms with Crippen LogP contribution in [0, 0.1) is 17.2 Å². The molecule has 3 heterocycles. The van der Waals surface area contributed by atoms with Crippen molar-refractivity contribution in [1.82, 2.24) is 9.61 Å². The van der Waals surface area contributed by atoms with E-state index >= 15 is 0 Å². The Kier molecular flexibility index (Phi) is 3.81. The molecule has 1 aliphatic rings. The van der Waals surface area contributed by atoms with Crippen molar-refractivity contribution in [2.24, 2.45) is 16.6 Å². The Labute approximate surface area is 133 Å². The normalized spacial score (nSPS) is 19.0. The van der Waals surface area contributed by atoms with E-state index in [4.69, 9.17) is 11.0 Å². The maximum absolute atomic E-state index is 12.4. The van der Waals surface area contributed by atoms with Gasteiger partial charge in [0.05, 0.1) is 23.5 Å². The maximum atomic E-state index is 12.4. The van der Waals surface area contributed by atoms with Gasteiger partial charge in [-0.25, -0.2) is 4.52 Å². The lowest BCUT2D eigenvalue weighted by molar-refractivity contribution is -0.118. The van der Waals surface area contributed by atoms with Crippen LogP contribution in [-0.2, 0) is 4.79 Å². The van der Waals surface area contributed by atoms with Gasteiger partial charge in [-0.1, -0.05) is 0 Å². The van der Waals surface area contributed by atoms with Gasteiger partial charge in [-0.3, -0.25) is 9.79 Å². The number of rotatable bonds is 3. The molecular formula is C16H16N6O. The van der Waals surface area contributed by atoms with Crippen molar-refractivity contribution in [3.63, 3.8) is 0 Å². The fourth-order valence-corrected chi connectivity index (χ4v) is 2.78. The average Bonchev–Trinajstić information content (AvgIpc) is 3.17. The van der Waals surface area contributed by atoms with E-state index in [2.05, 4.69) is 16.2 Å². The van der Waals surface area contributed by atoms with Crippen LogP contribution < -0.4 is 10.6 Å².